The van der Waals surface area contributed by atoms with Crippen LogP contribution in [0.3, 0.4) is 0 Å². The summed E-state index contributed by atoms with van der Waals surface area (Å²) < 4.78 is 54.1. The summed E-state index contributed by atoms with van der Waals surface area (Å²) in [7, 11) is 0. The van der Waals surface area contributed by atoms with Crippen LogP contribution in [0, 0.1) is 5.82 Å². The fraction of sp³-hybridized carbons (Fsp3) is 0.143. The number of rotatable bonds is 4. The topological polar surface area (TPSA) is 51.2 Å². The van der Waals surface area contributed by atoms with Crippen LogP contribution in [0.15, 0.2) is 36.5 Å². The Labute approximate surface area is 133 Å². The summed E-state index contributed by atoms with van der Waals surface area (Å²) in [6.45, 7) is -1.58. The molecule has 122 valence electrons. The zero-order valence-corrected chi connectivity index (χ0v) is 12.1. The highest BCUT2D eigenvalue weighted by Gasteiger charge is 2.29. The molecule has 4 nitrogen and oxygen atoms in total. The van der Waals surface area contributed by atoms with Gasteiger partial charge in [-0.2, -0.15) is 13.2 Å². The number of pyridine rings is 1. The van der Waals surface area contributed by atoms with Gasteiger partial charge in [0.05, 0.1) is 10.7 Å². The molecule has 1 amide bonds. The lowest BCUT2D eigenvalue weighted by Crippen LogP contribution is -2.22. The summed E-state index contributed by atoms with van der Waals surface area (Å²) >= 11 is 5.77. The summed E-state index contributed by atoms with van der Waals surface area (Å²) in [5.41, 5.74) is -0.110. The van der Waals surface area contributed by atoms with Gasteiger partial charge in [-0.1, -0.05) is 11.6 Å². The number of carbonyl (C=O) groups is 1. The molecule has 0 aliphatic heterocycles. The highest BCUT2D eigenvalue weighted by atomic mass is 35.5. The molecule has 0 spiro atoms. The molecule has 9 heteroatoms. The highest BCUT2D eigenvalue weighted by molar-refractivity contribution is 6.33. The zero-order chi connectivity index (χ0) is 17.0. The number of alkyl halides is 3. The van der Waals surface area contributed by atoms with Crippen LogP contribution in [0.5, 0.6) is 5.88 Å². The summed E-state index contributed by atoms with van der Waals surface area (Å²) in [5, 5.41) is 2.30. The van der Waals surface area contributed by atoms with E-state index < -0.39 is 30.4 Å². The number of amides is 1. The predicted molar refractivity (Wildman–Crippen MR) is 75.2 cm³/mol. The van der Waals surface area contributed by atoms with E-state index in [0.29, 0.717) is 0 Å². The largest absolute Gasteiger partial charge is 0.467 e. The average Bonchev–Trinajstić information content (AvgIpc) is 2.47. The Kier molecular flexibility index (Phi) is 5.05. The van der Waals surface area contributed by atoms with Crippen molar-refractivity contribution < 1.29 is 27.1 Å². The normalized spacial score (nSPS) is 11.2. The van der Waals surface area contributed by atoms with Crippen LogP contribution in [0.2, 0.25) is 5.02 Å². The van der Waals surface area contributed by atoms with Crippen molar-refractivity contribution >= 4 is 23.2 Å². The van der Waals surface area contributed by atoms with Gasteiger partial charge in [0.1, 0.15) is 11.4 Å². The number of anilines is 1. The van der Waals surface area contributed by atoms with E-state index in [1.54, 1.807) is 0 Å². The van der Waals surface area contributed by atoms with E-state index >= 15 is 0 Å². The molecule has 0 atom stereocenters. The number of carbonyl (C=O) groups excluding carboxylic acids is 1. The van der Waals surface area contributed by atoms with Gasteiger partial charge in [-0.25, -0.2) is 9.37 Å². The van der Waals surface area contributed by atoms with E-state index in [0.717, 1.165) is 12.1 Å². The van der Waals surface area contributed by atoms with E-state index in [4.69, 9.17) is 11.6 Å². The first-order valence-corrected chi connectivity index (χ1v) is 6.55. The molecule has 0 aliphatic rings. The number of ether oxygens (including phenoxy) is 1. The molecule has 0 unspecified atom stereocenters. The molecule has 0 radical (unpaired) electrons. The Morgan fingerprint density at radius 2 is 2.04 bits per heavy atom. The number of nitrogens with zero attached hydrogens (tertiary/aromatic N) is 1. The van der Waals surface area contributed by atoms with Crippen LogP contribution in [0.1, 0.15) is 10.4 Å². The van der Waals surface area contributed by atoms with Gasteiger partial charge in [0.25, 0.3) is 5.91 Å². The second-order valence-electron chi connectivity index (χ2n) is 4.34. The van der Waals surface area contributed by atoms with Crippen LogP contribution in [-0.2, 0) is 0 Å². The van der Waals surface area contributed by atoms with Crippen molar-refractivity contribution in [3.8, 4) is 5.88 Å². The Morgan fingerprint density at radius 3 is 2.70 bits per heavy atom. The number of hydrogen-bond acceptors (Lipinski definition) is 3. The molecule has 1 heterocycles. The summed E-state index contributed by atoms with van der Waals surface area (Å²) in [6.07, 6.45) is -3.38. The van der Waals surface area contributed by atoms with Gasteiger partial charge in [0.15, 0.2) is 6.61 Å². The molecule has 1 aromatic heterocycles. The van der Waals surface area contributed by atoms with E-state index in [-0.39, 0.29) is 16.3 Å². The van der Waals surface area contributed by atoms with E-state index in [1.165, 1.54) is 24.4 Å². The van der Waals surface area contributed by atoms with Crippen molar-refractivity contribution in [2.24, 2.45) is 0 Å². The number of halogens is 5. The Bertz CT molecular complexity index is 722. The third-order valence-corrected chi connectivity index (χ3v) is 2.88. The van der Waals surface area contributed by atoms with Gasteiger partial charge < -0.3 is 10.1 Å². The van der Waals surface area contributed by atoms with Crippen molar-refractivity contribution in [3.05, 3.63) is 52.9 Å². The lowest BCUT2D eigenvalue weighted by Gasteiger charge is -2.12. The molecule has 0 bridgehead atoms. The second kappa shape index (κ2) is 6.82. The third-order valence-electron chi connectivity index (χ3n) is 2.57. The Morgan fingerprint density at radius 1 is 1.30 bits per heavy atom. The minimum atomic E-state index is -4.56. The van der Waals surface area contributed by atoms with Crippen LogP contribution >= 0.6 is 11.6 Å². The first-order valence-electron chi connectivity index (χ1n) is 6.17. The number of aromatic nitrogens is 1. The van der Waals surface area contributed by atoms with Crippen LogP contribution in [-0.4, -0.2) is 23.7 Å². The summed E-state index contributed by atoms with van der Waals surface area (Å²) in [6, 6.07) is 5.89. The standard InChI is InChI=1S/C14H9ClF4N2O2/c15-10-6-8(16)3-4-11(10)21-12(22)9-2-1-5-20-13(9)23-7-14(17,18)19/h1-6H,7H2,(H,21,22). The fourth-order valence-electron chi connectivity index (χ4n) is 1.61. The Balaban J connectivity index is 2.19. The van der Waals surface area contributed by atoms with Crippen LogP contribution in [0.25, 0.3) is 0 Å². The number of nitrogens with one attached hydrogen (secondary N) is 1. The minimum Gasteiger partial charge on any atom is -0.467 e. The van der Waals surface area contributed by atoms with Gasteiger partial charge in [0, 0.05) is 6.20 Å². The second-order valence-corrected chi connectivity index (χ2v) is 4.75. The van der Waals surface area contributed by atoms with Crippen molar-refractivity contribution in [2.75, 3.05) is 11.9 Å². The van der Waals surface area contributed by atoms with Crippen LogP contribution in [0.4, 0.5) is 23.2 Å². The third kappa shape index (κ3) is 4.82. The molecule has 2 rings (SSSR count). The molecule has 1 N–H and O–H groups in total. The SMILES string of the molecule is O=C(Nc1ccc(F)cc1Cl)c1cccnc1OCC(F)(F)F. The zero-order valence-electron chi connectivity index (χ0n) is 11.3. The highest BCUT2D eigenvalue weighted by Crippen LogP contribution is 2.25. The molecule has 1 aromatic carbocycles. The minimum absolute atomic E-state index is 0.0556. The van der Waals surface area contributed by atoms with Gasteiger partial charge in [0.2, 0.25) is 5.88 Å². The van der Waals surface area contributed by atoms with E-state index in [1.807, 2.05) is 0 Å². The molecule has 0 saturated carbocycles. The van der Waals surface area contributed by atoms with E-state index in [2.05, 4.69) is 15.0 Å². The van der Waals surface area contributed by atoms with Gasteiger partial charge >= 0.3 is 6.18 Å². The van der Waals surface area contributed by atoms with Crippen molar-refractivity contribution in [3.63, 3.8) is 0 Å². The molecule has 23 heavy (non-hydrogen) atoms. The Hall–Kier alpha value is -2.35. The molecular formula is C14H9ClF4N2O2. The quantitative estimate of drug-likeness (QED) is 0.847. The molecular weight excluding hydrogens is 340 g/mol. The lowest BCUT2D eigenvalue weighted by molar-refractivity contribution is -0.154. The number of hydrogen-bond donors (Lipinski definition) is 1. The maximum atomic E-state index is 13.0. The monoisotopic (exact) mass is 348 g/mol. The molecule has 0 fully saturated rings. The fourth-order valence-corrected chi connectivity index (χ4v) is 1.82. The van der Waals surface area contributed by atoms with E-state index in [9.17, 15) is 22.4 Å². The van der Waals surface area contributed by atoms with Gasteiger partial charge in [-0.3, -0.25) is 4.79 Å². The van der Waals surface area contributed by atoms with Crippen molar-refractivity contribution in [2.45, 2.75) is 6.18 Å². The summed E-state index contributed by atoms with van der Waals surface area (Å²) in [4.78, 5) is 15.7. The summed E-state index contributed by atoms with van der Waals surface area (Å²) in [5.74, 6) is -1.85. The maximum Gasteiger partial charge on any atom is 0.422 e. The lowest BCUT2D eigenvalue weighted by atomic mass is 10.2. The molecule has 0 aliphatic carbocycles. The molecule has 2 aromatic rings. The van der Waals surface area contributed by atoms with Crippen molar-refractivity contribution in [1.82, 2.24) is 4.98 Å². The van der Waals surface area contributed by atoms with Gasteiger partial charge in [-0.05, 0) is 30.3 Å². The maximum absolute atomic E-state index is 13.0. The predicted octanol–water partition coefficient (Wildman–Crippen LogP) is 4.07. The van der Waals surface area contributed by atoms with Gasteiger partial charge in [-0.15, -0.1) is 0 Å². The molecule has 0 saturated heterocycles. The number of benzene rings is 1. The average molecular weight is 349 g/mol. The first kappa shape index (κ1) is 17.0. The van der Waals surface area contributed by atoms with Crippen LogP contribution < -0.4 is 10.1 Å². The first-order chi connectivity index (χ1) is 10.8. The van der Waals surface area contributed by atoms with Crippen molar-refractivity contribution in [1.29, 1.82) is 0 Å². The smallest absolute Gasteiger partial charge is 0.422 e.